The lowest BCUT2D eigenvalue weighted by atomic mass is 10.1. The Bertz CT molecular complexity index is 511. The Morgan fingerprint density at radius 3 is 2.42 bits per heavy atom. The highest BCUT2D eigenvalue weighted by Crippen LogP contribution is 2.21. The fourth-order valence-electron chi connectivity index (χ4n) is 2.23. The highest BCUT2D eigenvalue weighted by molar-refractivity contribution is 7.12. The van der Waals surface area contributed by atoms with Gasteiger partial charge in [-0.3, -0.25) is 0 Å². The average Bonchev–Trinajstić information content (AvgIpc) is 2.73. The van der Waals surface area contributed by atoms with Gasteiger partial charge >= 0.3 is 0 Å². The maximum atomic E-state index is 3.51. The number of hydrogen-bond acceptors (Lipinski definition) is 2. The molecule has 19 heavy (non-hydrogen) atoms. The summed E-state index contributed by atoms with van der Waals surface area (Å²) in [5.74, 6) is 0. The van der Waals surface area contributed by atoms with E-state index in [0.717, 1.165) is 6.54 Å². The van der Waals surface area contributed by atoms with Crippen molar-refractivity contribution in [3.8, 4) is 0 Å². The van der Waals surface area contributed by atoms with E-state index in [1.54, 1.807) is 0 Å². The topological polar surface area (TPSA) is 12.0 Å². The smallest absolute Gasteiger partial charge is 0.0411 e. The summed E-state index contributed by atoms with van der Waals surface area (Å²) < 4.78 is 0. The molecule has 1 nitrogen and oxygen atoms in total. The van der Waals surface area contributed by atoms with E-state index in [1.807, 2.05) is 11.3 Å². The van der Waals surface area contributed by atoms with Crippen molar-refractivity contribution in [2.24, 2.45) is 0 Å². The van der Waals surface area contributed by atoms with Crippen LogP contribution in [0, 0.1) is 13.8 Å². The van der Waals surface area contributed by atoms with Gasteiger partial charge in [0.2, 0.25) is 0 Å². The van der Waals surface area contributed by atoms with Crippen LogP contribution in [0.5, 0.6) is 0 Å². The predicted molar refractivity (Wildman–Crippen MR) is 86.2 cm³/mol. The third kappa shape index (κ3) is 4.10. The van der Waals surface area contributed by atoms with E-state index in [0.29, 0.717) is 0 Å². The van der Waals surface area contributed by atoms with Crippen molar-refractivity contribution in [2.45, 2.75) is 46.6 Å². The average molecular weight is 273 g/mol. The molecule has 0 radical (unpaired) electrons. The van der Waals surface area contributed by atoms with Gasteiger partial charge in [0.1, 0.15) is 0 Å². The SMILES string of the molecule is CCCCc1ccc(NCc2cc(C)sc2C)cc1. The quantitative estimate of drug-likeness (QED) is 0.751. The van der Waals surface area contributed by atoms with Gasteiger partial charge in [-0.15, -0.1) is 11.3 Å². The van der Waals surface area contributed by atoms with Crippen LogP contribution < -0.4 is 5.32 Å². The van der Waals surface area contributed by atoms with Crippen LogP contribution in [0.15, 0.2) is 30.3 Å². The van der Waals surface area contributed by atoms with Crippen molar-refractivity contribution in [1.29, 1.82) is 0 Å². The molecule has 2 aromatic rings. The molecular formula is C17H23NS. The summed E-state index contributed by atoms with van der Waals surface area (Å²) in [4.78, 5) is 2.81. The van der Waals surface area contributed by atoms with Crippen molar-refractivity contribution < 1.29 is 0 Å². The summed E-state index contributed by atoms with van der Waals surface area (Å²) in [7, 11) is 0. The van der Waals surface area contributed by atoms with E-state index < -0.39 is 0 Å². The van der Waals surface area contributed by atoms with Gasteiger partial charge in [0, 0.05) is 22.0 Å². The summed E-state index contributed by atoms with van der Waals surface area (Å²) in [6, 6.07) is 11.1. The number of rotatable bonds is 6. The van der Waals surface area contributed by atoms with Gasteiger partial charge in [-0.25, -0.2) is 0 Å². The summed E-state index contributed by atoms with van der Waals surface area (Å²) in [5.41, 5.74) is 4.07. The van der Waals surface area contributed by atoms with E-state index in [9.17, 15) is 0 Å². The van der Waals surface area contributed by atoms with E-state index >= 15 is 0 Å². The van der Waals surface area contributed by atoms with E-state index in [-0.39, 0.29) is 0 Å². The number of anilines is 1. The highest BCUT2D eigenvalue weighted by atomic mass is 32.1. The lowest BCUT2D eigenvalue weighted by Crippen LogP contribution is -1.99. The first-order chi connectivity index (χ1) is 9.19. The first-order valence-electron chi connectivity index (χ1n) is 7.07. The maximum Gasteiger partial charge on any atom is 0.0411 e. The molecule has 0 unspecified atom stereocenters. The molecule has 0 saturated heterocycles. The van der Waals surface area contributed by atoms with Gasteiger partial charge < -0.3 is 5.32 Å². The maximum absolute atomic E-state index is 3.51. The number of unbranched alkanes of at least 4 members (excludes halogenated alkanes) is 1. The second-order valence-corrected chi connectivity index (χ2v) is 6.55. The number of thiophene rings is 1. The molecule has 1 aromatic heterocycles. The molecule has 0 atom stereocenters. The summed E-state index contributed by atoms with van der Waals surface area (Å²) >= 11 is 1.88. The van der Waals surface area contributed by atoms with Gasteiger partial charge in [0.25, 0.3) is 0 Å². The minimum absolute atomic E-state index is 0.921. The Labute approximate surface area is 120 Å². The Morgan fingerprint density at radius 2 is 1.84 bits per heavy atom. The standard InChI is InChI=1S/C17H23NS/c1-4-5-6-15-7-9-17(10-8-15)18-12-16-11-13(2)19-14(16)3/h7-11,18H,4-6,12H2,1-3H3. The second-order valence-electron chi connectivity index (χ2n) is 5.09. The van der Waals surface area contributed by atoms with Crippen LogP contribution in [0.1, 0.15) is 40.6 Å². The van der Waals surface area contributed by atoms with Crippen LogP contribution in [-0.2, 0) is 13.0 Å². The third-order valence-corrected chi connectivity index (χ3v) is 4.41. The van der Waals surface area contributed by atoms with Gasteiger partial charge in [-0.05, 0) is 56.0 Å². The zero-order valence-corrected chi connectivity index (χ0v) is 12.9. The molecule has 0 amide bonds. The summed E-state index contributed by atoms with van der Waals surface area (Å²) in [6.45, 7) is 7.53. The first kappa shape index (κ1) is 14.1. The molecule has 0 aliphatic heterocycles. The van der Waals surface area contributed by atoms with E-state index in [4.69, 9.17) is 0 Å². The van der Waals surface area contributed by atoms with Crippen molar-refractivity contribution in [1.82, 2.24) is 0 Å². The highest BCUT2D eigenvalue weighted by Gasteiger charge is 2.02. The molecule has 0 aliphatic rings. The Hall–Kier alpha value is -1.28. The molecular weight excluding hydrogens is 250 g/mol. The minimum Gasteiger partial charge on any atom is -0.381 e. The van der Waals surface area contributed by atoms with Crippen molar-refractivity contribution >= 4 is 17.0 Å². The van der Waals surface area contributed by atoms with Crippen LogP contribution in [-0.4, -0.2) is 0 Å². The lowest BCUT2D eigenvalue weighted by Gasteiger charge is -2.07. The minimum atomic E-state index is 0.921. The fraction of sp³-hybridized carbons (Fsp3) is 0.412. The predicted octanol–water partition coefficient (Wildman–Crippen LogP) is 5.32. The van der Waals surface area contributed by atoms with Crippen LogP contribution in [0.2, 0.25) is 0 Å². The van der Waals surface area contributed by atoms with Gasteiger partial charge in [0.05, 0.1) is 0 Å². The molecule has 0 saturated carbocycles. The molecule has 0 aliphatic carbocycles. The lowest BCUT2D eigenvalue weighted by molar-refractivity contribution is 0.795. The van der Waals surface area contributed by atoms with E-state index in [2.05, 4.69) is 56.4 Å². The van der Waals surface area contributed by atoms with E-state index in [1.165, 1.54) is 45.8 Å². The zero-order chi connectivity index (χ0) is 13.7. The Kier molecular flexibility index (Phi) is 5.03. The van der Waals surface area contributed by atoms with Crippen LogP contribution >= 0.6 is 11.3 Å². The molecule has 0 spiro atoms. The van der Waals surface area contributed by atoms with Crippen molar-refractivity contribution in [3.05, 3.63) is 51.2 Å². The fourth-order valence-corrected chi connectivity index (χ4v) is 3.17. The third-order valence-electron chi connectivity index (χ3n) is 3.40. The Balaban J connectivity index is 1.91. The number of hydrogen-bond donors (Lipinski definition) is 1. The molecule has 1 heterocycles. The number of nitrogens with one attached hydrogen (secondary N) is 1. The molecule has 102 valence electrons. The van der Waals surface area contributed by atoms with Crippen LogP contribution in [0.3, 0.4) is 0 Å². The largest absolute Gasteiger partial charge is 0.381 e. The molecule has 1 N–H and O–H groups in total. The normalized spacial score (nSPS) is 10.7. The molecule has 2 rings (SSSR count). The van der Waals surface area contributed by atoms with Crippen molar-refractivity contribution in [3.63, 3.8) is 0 Å². The summed E-state index contributed by atoms with van der Waals surface area (Å²) in [5, 5.41) is 3.51. The van der Waals surface area contributed by atoms with Gasteiger partial charge in [-0.1, -0.05) is 25.5 Å². The first-order valence-corrected chi connectivity index (χ1v) is 7.89. The number of benzene rings is 1. The van der Waals surface area contributed by atoms with Crippen LogP contribution in [0.4, 0.5) is 5.69 Å². The molecule has 0 fully saturated rings. The van der Waals surface area contributed by atoms with Gasteiger partial charge in [0.15, 0.2) is 0 Å². The van der Waals surface area contributed by atoms with Crippen LogP contribution in [0.25, 0.3) is 0 Å². The second kappa shape index (κ2) is 6.76. The molecule has 1 aromatic carbocycles. The monoisotopic (exact) mass is 273 g/mol. The number of aryl methyl sites for hydroxylation is 3. The zero-order valence-electron chi connectivity index (χ0n) is 12.1. The van der Waals surface area contributed by atoms with Gasteiger partial charge in [-0.2, -0.15) is 0 Å². The van der Waals surface area contributed by atoms with Crippen molar-refractivity contribution in [2.75, 3.05) is 5.32 Å². The molecule has 0 bridgehead atoms. The molecule has 2 heteroatoms. The summed E-state index contributed by atoms with van der Waals surface area (Å²) in [6.07, 6.45) is 3.73. The Morgan fingerprint density at radius 1 is 1.11 bits per heavy atom.